The molecule has 0 radical (unpaired) electrons. The first-order chi connectivity index (χ1) is 21.1. The molecular weight excluding hydrogens is 617 g/mol. The van der Waals surface area contributed by atoms with Crippen LogP contribution in [0.3, 0.4) is 0 Å². The number of hydrogen-bond acceptors (Lipinski definition) is 4. The van der Waals surface area contributed by atoms with E-state index in [1.807, 2.05) is 11.8 Å². The molecule has 264 valence electrons. The number of aliphatic hydroxyl groups excluding tert-OH is 1. The van der Waals surface area contributed by atoms with E-state index in [0.29, 0.717) is 17.1 Å². The van der Waals surface area contributed by atoms with Gasteiger partial charge in [-0.3, -0.25) is 0 Å². The molecular formula is C40H72O3SSi2. The molecule has 0 spiro atoms. The molecule has 1 N–H and O–H groups in total. The van der Waals surface area contributed by atoms with Gasteiger partial charge in [-0.05, 0) is 104 Å². The predicted octanol–water partition coefficient (Wildman–Crippen LogP) is 12.0. The van der Waals surface area contributed by atoms with Gasteiger partial charge in [0.25, 0.3) is 0 Å². The lowest BCUT2D eigenvalue weighted by Gasteiger charge is -2.45. The quantitative estimate of drug-likeness (QED) is 0.164. The highest BCUT2D eigenvalue weighted by Gasteiger charge is 2.47. The van der Waals surface area contributed by atoms with Crippen molar-refractivity contribution >= 4 is 28.4 Å². The second-order valence-electron chi connectivity index (χ2n) is 18.1. The summed E-state index contributed by atoms with van der Waals surface area (Å²) in [5.74, 6) is 1.81. The van der Waals surface area contributed by atoms with Gasteiger partial charge in [0.1, 0.15) is 0 Å². The molecule has 0 amide bonds. The van der Waals surface area contributed by atoms with E-state index >= 15 is 0 Å². The fourth-order valence-electron chi connectivity index (χ4n) is 7.55. The lowest BCUT2D eigenvalue weighted by Crippen LogP contribution is -2.49. The number of thioether (sulfide) groups is 1. The van der Waals surface area contributed by atoms with Crippen molar-refractivity contribution < 1.29 is 14.0 Å². The smallest absolute Gasteiger partial charge is 0.192 e. The molecule has 46 heavy (non-hydrogen) atoms. The van der Waals surface area contributed by atoms with Gasteiger partial charge in [0.05, 0.1) is 18.3 Å². The summed E-state index contributed by atoms with van der Waals surface area (Å²) < 4.78 is 14.2. The molecule has 0 aromatic carbocycles. The van der Waals surface area contributed by atoms with Crippen LogP contribution in [-0.4, -0.2) is 51.1 Å². The minimum atomic E-state index is -1.99. The maximum absolute atomic E-state index is 10.8. The van der Waals surface area contributed by atoms with Crippen molar-refractivity contribution in [3.8, 4) is 0 Å². The molecule has 0 aromatic rings. The van der Waals surface area contributed by atoms with E-state index in [4.69, 9.17) is 8.85 Å². The van der Waals surface area contributed by atoms with Crippen LogP contribution in [0.5, 0.6) is 0 Å². The Hall–Kier alpha value is -0.376. The molecule has 0 aliphatic heterocycles. The average Bonchev–Trinajstić information content (AvgIpc) is 3.29. The first-order valence-electron chi connectivity index (χ1n) is 18.5. The first-order valence-corrected chi connectivity index (χ1v) is 25.4. The fraction of sp³-hybridized carbons (Fsp3) is 0.800. The Morgan fingerprint density at radius 3 is 2.17 bits per heavy atom. The molecule has 2 saturated carbocycles. The van der Waals surface area contributed by atoms with Crippen molar-refractivity contribution in [1.82, 2.24) is 0 Å². The average molecular weight is 689 g/mol. The Morgan fingerprint density at radius 1 is 1.02 bits per heavy atom. The van der Waals surface area contributed by atoms with Gasteiger partial charge >= 0.3 is 0 Å². The number of rotatable bonds is 12. The third-order valence-corrected chi connectivity index (χ3v) is 23.2. The molecule has 3 rings (SSSR count). The summed E-state index contributed by atoms with van der Waals surface area (Å²) in [6.45, 7) is 37.5. The molecule has 0 aromatic heterocycles. The van der Waals surface area contributed by atoms with Crippen LogP contribution in [0.1, 0.15) is 121 Å². The second-order valence-corrected chi connectivity index (χ2v) is 29.0. The summed E-state index contributed by atoms with van der Waals surface area (Å²) in [7, 11) is -3.92. The minimum Gasteiger partial charge on any atom is -0.413 e. The van der Waals surface area contributed by atoms with E-state index < -0.39 is 16.6 Å². The van der Waals surface area contributed by atoms with E-state index in [1.54, 1.807) is 11.1 Å². The van der Waals surface area contributed by atoms with Crippen molar-refractivity contribution in [2.75, 3.05) is 5.75 Å². The summed E-state index contributed by atoms with van der Waals surface area (Å²) >= 11 is 1.96. The monoisotopic (exact) mass is 688 g/mol. The van der Waals surface area contributed by atoms with Crippen molar-refractivity contribution in [2.24, 2.45) is 17.3 Å². The van der Waals surface area contributed by atoms with Gasteiger partial charge in [0, 0.05) is 17.4 Å². The van der Waals surface area contributed by atoms with Crippen LogP contribution in [0, 0.1) is 17.3 Å². The molecule has 0 unspecified atom stereocenters. The highest BCUT2D eigenvalue weighted by Crippen LogP contribution is 2.57. The largest absolute Gasteiger partial charge is 0.413 e. The Balaban J connectivity index is 1.85. The fourth-order valence-corrected chi connectivity index (χ4v) is 11.5. The van der Waals surface area contributed by atoms with Crippen molar-refractivity contribution in [1.29, 1.82) is 0 Å². The van der Waals surface area contributed by atoms with E-state index in [9.17, 15) is 5.11 Å². The highest BCUT2D eigenvalue weighted by atomic mass is 32.2. The molecule has 0 bridgehead atoms. The Morgan fingerprint density at radius 2 is 1.61 bits per heavy atom. The molecule has 0 heterocycles. The first kappa shape index (κ1) is 40.1. The van der Waals surface area contributed by atoms with Crippen LogP contribution < -0.4 is 0 Å². The normalized spacial score (nSPS) is 29.8. The number of allylic oxidation sites excluding steroid dienone is 4. The molecule has 3 nitrogen and oxygen atoms in total. The lowest BCUT2D eigenvalue weighted by atomic mass is 9.64. The summed E-state index contributed by atoms with van der Waals surface area (Å²) in [6.07, 6.45) is 16.2. The summed E-state index contributed by atoms with van der Waals surface area (Å²) in [4.78, 5) is 0. The van der Waals surface area contributed by atoms with E-state index in [-0.39, 0.29) is 33.8 Å². The molecule has 3 aliphatic carbocycles. The van der Waals surface area contributed by atoms with Crippen LogP contribution in [0.25, 0.3) is 0 Å². The van der Waals surface area contributed by atoms with Crippen molar-refractivity contribution in [3.63, 3.8) is 0 Å². The third kappa shape index (κ3) is 9.04. The highest BCUT2D eigenvalue weighted by molar-refractivity contribution is 8.00. The van der Waals surface area contributed by atoms with E-state index in [2.05, 4.69) is 120 Å². The molecule has 6 heteroatoms. The van der Waals surface area contributed by atoms with Crippen LogP contribution in [0.4, 0.5) is 0 Å². The third-order valence-electron chi connectivity index (χ3n) is 12.9. The van der Waals surface area contributed by atoms with Crippen molar-refractivity contribution in [3.05, 3.63) is 47.1 Å². The summed E-state index contributed by atoms with van der Waals surface area (Å²) in [6, 6.07) is 0. The topological polar surface area (TPSA) is 38.7 Å². The van der Waals surface area contributed by atoms with Gasteiger partial charge in [-0.2, -0.15) is 11.8 Å². The summed E-state index contributed by atoms with van der Waals surface area (Å²) in [5.41, 5.74) is 5.92. The van der Waals surface area contributed by atoms with Crippen LogP contribution >= 0.6 is 11.8 Å². The van der Waals surface area contributed by atoms with Crippen molar-refractivity contribution in [2.45, 2.75) is 180 Å². The van der Waals surface area contributed by atoms with Gasteiger partial charge in [-0.25, -0.2) is 0 Å². The predicted molar refractivity (Wildman–Crippen MR) is 209 cm³/mol. The van der Waals surface area contributed by atoms with Gasteiger partial charge in [-0.1, -0.05) is 111 Å². The zero-order valence-electron chi connectivity index (χ0n) is 32.4. The standard InChI is InChI=1S/C40H72O3SSi2/c1-16-30(17-2)36(41)27-44-29(4)34-22-23-35-31(19-18-24-40(34,35)11)20-21-32-25-33(42-45(12,13)38(5,6)7)26-37(28(32)3)43-46(14,15)39(8,9)10/h20-22,29-30,33,35-37,41H,3,16-19,23-27H2,1-2,4-15H3/t29-,33-,35+,36+,37+,40-/m1/s1. The van der Waals surface area contributed by atoms with E-state index in [0.717, 1.165) is 37.9 Å². The van der Waals surface area contributed by atoms with Crippen LogP contribution in [-0.2, 0) is 8.85 Å². The lowest BCUT2D eigenvalue weighted by molar-refractivity contribution is 0.0969. The SMILES string of the molecule is C=C1C(=CC=C2CCC[C@]3(C)C([C@@H](C)SC[C@H](O)C(CC)CC)=CC[C@@H]23)C[C@@H](O[Si](C)(C)C(C)(C)C)C[C@@H]1O[Si](C)(C)C(C)(C)C. The van der Waals surface area contributed by atoms with E-state index in [1.165, 1.54) is 30.4 Å². The Labute approximate surface area is 291 Å². The number of hydrogen-bond donors (Lipinski definition) is 1. The van der Waals surface area contributed by atoms with Gasteiger partial charge in [0.2, 0.25) is 0 Å². The number of fused-ring (bicyclic) bond motifs is 1. The van der Waals surface area contributed by atoms with Crippen LogP contribution in [0.15, 0.2) is 47.1 Å². The van der Waals surface area contributed by atoms with Gasteiger partial charge in [0.15, 0.2) is 16.6 Å². The Kier molecular flexibility index (Phi) is 13.3. The minimum absolute atomic E-state index is 0.0127. The molecule has 6 atom stereocenters. The second kappa shape index (κ2) is 15.2. The Bertz CT molecular complexity index is 1150. The molecule has 0 saturated heterocycles. The maximum atomic E-state index is 10.8. The zero-order valence-corrected chi connectivity index (χ0v) is 35.3. The zero-order chi connectivity index (χ0) is 34.9. The molecule has 3 aliphatic rings. The summed E-state index contributed by atoms with van der Waals surface area (Å²) in [5, 5.41) is 11.6. The molecule has 2 fully saturated rings. The van der Waals surface area contributed by atoms with Gasteiger partial charge in [-0.15, -0.1) is 0 Å². The maximum Gasteiger partial charge on any atom is 0.192 e. The number of aliphatic hydroxyl groups is 1. The van der Waals surface area contributed by atoms with Gasteiger partial charge < -0.3 is 14.0 Å². The van der Waals surface area contributed by atoms with Crippen LogP contribution in [0.2, 0.25) is 36.3 Å².